The van der Waals surface area contributed by atoms with Crippen LogP contribution in [0.4, 0.5) is 15.8 Å². The molecule has 0 fully saturated rings. The highest BCUT2D eigenvalue weighted by atomic mass is 19.1. The molecule has 0 aliphatic heterocycles. The van der Waals surface area contributed by atoms with Crippen LogP contribution in [0.3, 0.4) is 0 Å². The molecule has 6 nitrogen and oxygen atoms in total. The highest BCUT2D eigenvalue weighted by molar-refractivity contribution is 5.63. The number of aryl methyl sites for hydroxylation is 2. The first kappa shape index (κ1) is 15.0. The largest absolute Gasteiger partial charge is 0.370 e. The van der Waals surface area contributed by atoms with Gasteiger partial charge >= 0.3 is 0 Å². The maximum Gasteiger partial charge on any atom is 0.295 e. The van der Waals surface area contributed by atoms with E-state index in [0.717, 1.165) is 17.0 Å². The van der Waals surface area contributed by atoms with Crippen LogP contribution in [0.15, 0.2) is 18.2 Å². The van der Waals surface area contributed by atoms with Crippen molar-refractivity contribution >= 4 is 11.4 Å². The number of nitrogens with zero attached hydrogens (tertiary/aromatic N) is 3. The summed E-state index contributed by atoms with van der Waals surface area (Å²) < 4.78 is 15.6. The Bertz CT molecular complexity index is 697. The molecule has 0 amide bonds. The van der Waals surface area contributed by atoms with Gasteiger partial charge in [0.1, 0.15) is 5.69 Å². The highest BCUT2D eigenvalue weighted by Gasteiger charge is 2.22. The molecule has 0 radical (unpaired) electrons. The molecule has 0 bridgehead atoms. The molecule has 2 rings (SSSR count). The number of para-hydroxylation sites is 1. The lowest BCUT2D eigenvalue weighted by Crippen LogP contribution is -2.11. The summed E-state index contributed by atoms with van der Waals surface area (Å²) in [5, 5.41) is 18.2. The first-order valence-electron chi connectivity index (χ1n) is 6.52. The Kier molecular flexibility index (Phi) is 3.93. The molecule has 0 saturated heterocycles. The molecule has 1 aromatic heterocycles. The smallest absolute Gasteiger partial charge is 0.295 e. The predicted octanol–water partition coefficient (Wildman–Crippen LogP) is 3.26. The molecule has 21 heavy (non-hydrogen) atoms. The van der Waals surface area contributed by atoms with E-state index < -0.39 is 10.7 Å². The summed E-state index contributed by atoms with van der Waals surface area (Å²) in [5.41, 5.74) is 2.29. The Morgan fingerprint density at radius 3 is 2.62 bits per heavy atom. The molecule has 0 aliphatic carbocycles. The molecular weight excluding hydrogens is 275 g/mol. The van der Waals surface area contributed by atoms with E-state index in [1.807, 2.05) is 27.8 Å². The van der Waals surface area contributed by atoms with E-state index in [2.05, 4.69) is 10.4 Å². The van der Waals surface area contributed by atoms with Crippen molar-refractivity contribution in [3.05, 3.63) is 51.1 Å². The molecule has 0 saturated carbocycles. The van der Waals surface area contributed by atoms with Gasteiger partial charge in [0.2, 0.25) is 0 Å². The maximum atomic E-state index is 13.9. The summed E-state index contributed by atoms with van der Waals surface area (Å²) in [6.45, 7) is 5.59. The molecule has 7 heteroatoms. The molecule has 1 unspecified atom stereocenters. The predicted molar refractivity (Wildman–Crippen MR) is 77.8 cm³/mol. The minimum absolute atomic E-state index is 0.0994. The lowest BCUT2D eigenvalue weighted by atomic mass is 10.1. The van der Waals surface area contributed by atoms with E-state index in [1.165, 1.54) is 18.2 Å². The third kappa shape index (κ3) is 2.72. The second kappa shape index (κ2) is 5.51. The monoisotopic (exact) mass is 292 g/mol. The summed E-state index contributed by atoms with van der Waals surface area (Å²) in [6.07, 6.45) is 0. The van der Waals surface area contributed by atoms with Gasteiger partial charge in [0.25, 0.3) is 5.69 Å². The number of hydrogen-bond donors (Lipinski definition) is 1. The summed E-state index contributed by atoms with van der Waals surface area (Å²) in [7, 11) is 1.82. The Morgan fingerprint density at radius 2 is 2.10 bits per heavy atom. The molecular formula is C14H17FN4O2. The zero-order valence-corrected chi connectivity index (χ0v) is 12.3. The van der Waals surface area contributed by atoms with Crippen LogP contribution in [0.1, 0.15) is 29.9 Å². The van der Waals surface area contributed by atoms with Crippen molar-refractivity contribution in [1.29, 1.82) is 0 Å². The van der Waals surface area contributed by atoms with E-state index in [4.69, 9.17) is 0 Å². The van der Waals surface area contributed by atoms with E-state index in [9.17, 15) is 14.5 Å². The van der Waals surface area contributed by atoms with E-state index in [-0.39, 0.29) is 17.4 Å². The van der Waals surface area contributed by atoms with Crippen molar-refractivity contribution < 1.29 is 9.31 Å². The van der Waals surface area contributed by atoms with Crippen molar-refractivity contribution in [2.24, 2.45) is 7.05 Å². The van der Waals surface area contributed by atoms with Gasteiger partial charge in [-0.05, 0) is 26.8 Å². The fraction of sp³-hybridized carbons (Fsp3) is 0.357. The summed E-state index contributed by atoms with van der Waals surface area (Å²) >= 11 is 0. The van der Waals surface area contributed by atoms with Gasteiger partial charge < -0.3 is 5.32 Å². The van der Waals surface area contributed by atoms with Gasteiger partial charge in [0.15, 0.2) is 5.82 Å². The number of aromatic nitrogens is 2. The Hall–Kier alpha value is -2.44. The van der Waals surface area contributed by atoms with Crippen molar-refractivity contribution in [2.45, 2.75) is 26.8 Å². The van der Waals surface area contributed by atoms with Gasteiger partial charge in [-0.25, -0.2) is 4.39 Å². The summed E-state index contributed by atoms with van der Waals surface area (Å²) in [4.78, 5) is 10.4. The number of anilines is 1. The van der Waals surface area contributed by atoms with Gasteiger partial charge in [-0.2, -0.15) is 5.10 Å². The van der Waals surface area contributed by atoms with Gasteiger partial charge in [0.05, 0.1) is 16.7 Å². The molecule has 112 valence electrons. The zero-order chi connectivity index (χ0) is 15.7. The second-order valence-corrected chi connectivity index (χ2v) is 4.97. The van der Waals surface area contributed by atoms with Crippen molar-refractivity contribution in [1.82, 2.24) is 9.78 Å². The Morgan fingerprint density at radius 1 is 1.43 bits per heavy atom. The van der Waals surface area contributed by atoms with Gasteiger partial charge in [-0.3, -0.25) is 14.8 Å². The maximum absolute atomic E-state index is 13.9. The first-order chi connectivity index (χ1) is 9.82. The normalized spacial score (nSPS) is 12.2. The number of nitro benzene ring substituents is 1. The van der Waals surface area contributed by atoms with Crippen LogP contribution in [0.5, 0.6) is 0 Å². The van der Waals surface area contributed by atoms with Crippen LogP contribution in [0.25, 0.3) is 0 Å². The summed E-state index contributed by atoms with van der Waals surface area (Å²) in [5.74, 6) is -0.643. The SMILES string of the molecule is Cc1nn(C)c(C)c1C(C)Nc1c(F)cccc1[N+](=O)[O-]. The molecule has 1 aromatic carbocycles. The third-order valence-corrected chi connectivity index (χ3v) is 3.55. The standard InChI is InChI=1S/C14H17FN4O2/c1-8(13-9(2)17-18(4)10(13)3)16-14-11(15)6-5-7-12(14)19(20)21/h5-8,16H,1-4H3. The van der Waals surface area contributed by atoms with Crippen molar-refractivity contribution in [2.75, 3.05) is 5.32 Å². The van der Waals surface area contributed by atoms with E-state index in [0.29, 0.717) is 0 Å². The number of hydrogen-bond acceptors (Lipinski definition) is 4. The third-order valence-electron chi connectivity index (χ3n) is 3.55. The lowest BCUT2D eigenvalue weighted by Gasteiger charge is -2.16. The van der Waals surface area contributed by atoms with Crippen LogP contribution in [0.2, 0.25) is 0 Å². The molecule has 1 N–H and O–H groups in total. The molecule has 1 atom stereocenters. The average Bonchev–Trinajstić information content (AvgIpc) is 2.65. The summed E-state index contributed by atoms with van der Waals surface area (Å²) in [6, 6.07) is 3.50. The van der Waals surface area contributed by atoms with Crippen LogP contribution >= 0.6 is 0 Å². The van der Waals surface area contributed by atoms with Crippen molar-refractivity contribution in [3.8, 4) is 0 Å². The van der Waals surface area contributed by atoms with E-state index in [1.54, 1.807) is 4.68 Å². The fourth-order valence-electron chi connectivity index (χ4n) is 2.51. The Balaban J connectivity index is 2.40. The number of rotatable bonds is 4. The molecule has 2 aromatic rings. The van der Waals surface area contributed by atoms with Gasteiger partial charge in [0, 0.05) is 24.4 Å². The van der Waals surface area contributed by atoms with Crippen LogP contribution in [-0.2, 0) is 7.05 Å². The van der Waals surface area contributed by atoms with E-state index >= 15 is 0 Å². The Labute approximate surface area is 121 Å². The number of benzene rings is 1. The minimum atomic E-state index is -0.643. The minimum Gasteiger partial charge on any atom is -0.370 e. The molecule has 0 spiro atoms. The van der Waals surface area contributed by atoms with Gasteiger partial charge in [-0.1, -0.05) is 6.07 Å². The number of nitrogens with one attached hydrogen (secondary N) is 1. The fourth-order valence-corrected chi connectivity index (χ4v) is 2.51. The topological polar surface area (TPSA) is 73.0 Å². The number of halogens is 1. The molecule has 0 aliphatic rings. The quantitative estimate of drug-likeness (QED) is 0.693. The second-order valence-electron chi connectivity index (χ2n) is 4.97. The lowest BCUT2D eigenvalue weighted by molar-refractivity contribution is -0.384. The van der Waals surface area contributed by atoms with Crippen LogP contribution < -0.4 is 5.32 Å². The number of nitro groups is 1. The zero-order valence-electron chi connectivity index (χ0n) is 12.3. The molecule has 1 heterocycles. The van der Waals surface area contributed by atoms with Gasteiger partial charge in [-0.15, -0.1) is 0 Å². The van der Waals surface area contributed by atoms with Crippen LogP contribution in [0, 0.1) is 29.8 Å². The highest BCUT2D eigenvalue weighted by Crippen LogP contribution is 2.32. The van der Waals surface area contributed by atoms with Crippen molar-refractivity contribution in [3.63, 3.8) is 0 Å². The first-order valence-corrected chi connectivity index (χ1v) is 6.52. The van der Waals surface area contributed by atoms with Crippen LogP contribution in [-0.4, -0.2) is 14.7 Å². The average molecular weight is 292 g/mol.